The molecule has 0 spiro atoms. The number of nitrogens with zero attached hydrogens (tertiary/aromatic N) is 2. The highest BCUT2D eigenvalue weighted by Gasteiger charge is 2.06. The number of hydrogen-bond donors (Lipinski definition) is 4. The normalized spacial score (nSPS) is 11.8. The fraction of sp³-hybridized carbons (Fsp3) is 0.238. The zero-order valence-corrected chi connectivity index (χ0v) is 16.3. The van der Waals surface area contributed by atoms with Crippen LogP contribution in [0.2, 0.25) is 0 Å². The van der Waals surface area contributed by atoms with Gasteiger partial charge in [0.2, 0.25) is 11.8 Å². The van der Waals surface area contributed by atoms with Crippen LogP contribution >= 0.6 is 0 Å². The van der Waals surface area contributed by atoms with E-state index in [2.05, 4.69) is 21.1 Å². The molecule has 2 rings (SSSR count). The fourth-order valence-electron chi connectivity index (χ4n) is 2.40. The van der Waals surface area contributed by atoms with Crippen molar-refractivity contribution in [2.24, 2.45) is 10.2 Å². The highest BCUT2D eigenvalue weighted by atomic mass is 16.3. The molecule has 4 N–H and O–H groups in total. The van der Waals surface area contributed by atoms with Crippen LogP contribution in [-0.4, -0.2) is 33.5 Å². The van der Waals surface area contributed by atoms with Crippen molar-refractivity contribution in [3.8, 4) is 11.5 Å². The Bertz CT molecular complexity index is 862. The van der Waals surface area contributed by atoms with Crippen LogP contribution in [0.4, 0.5) is 0 Å². The van der Waals surface area contributed by atoms with E-state index in [1.165, 1.54) is 0 Å². The highest BCUT2D eigenvalue weighted by Crippen LogP contribution is 2.12. The first-order chi connectivity index (χ1) is 13.8. The van der Waals surface area contributed by atoms with Crippen molar-refractivity contribution in [2.75, 3.05) is 0 Å². The van der Waals surface area contributed by atoms with E-state index in [-0.39, 0.29) is 36.2 Å². The molecule has 152 valence electrons. The lowest BCUT2D eigenvalue weighted by Gasteiger charge is -2.04. The molecule has 29 heavy (non-hydrogen) atoms. The molecule has 0 aliphatic carbocycles. The molecule has 8 heteroatoms. The Morgan fingerprint density at radius 2 is 1.21 bits per heavy atom. The second-order valence-electron chi connectivity index (χ2n) is 6.42. The summed E-state index contributed by atoms with van der Waals surface area (Å²) >= 11 is 0. The monoisotopic (exact) mass is 396 g/mol. The summed E-state index contributed by atoms with van der Waals surface area (Å²) < 4.78 is 0. The predicted molar refractivity (Wildman–Crippen MR) is 111 cm³/mol. The maximum Gasteiger partial charge on any atom is 0.240 e. The van der Waals surface area contributed by atoms with Crippen LogP contribution in [0.15, 0.2) is 58.7 Å². The third-order valence-electron chi connectivity index (χ3n) is 4.03. The molecular formula is C21H24N4O4. The molecule has 0 bridgehead atoms. The molecule has 0 saturated carbocycles. The van der Waals surface area contributed by atoms with Gasteiger partial charge in [0.15, 0.2) is 0 Å². The first kappa shape index (κ1) is 21.6. The molecule has 0 aliphatic rings. The van der Waals surface area contributed by atoms with E-state index >= 15 is 0 Å². The number of hydrazone groups is 2. The first-order valence-corrected chi connectivity index (χ1v) is 9.10. The number of amides is 2. The topological polar surface area (TPSA) is 123 Å². The van der Waals surface area contributed by atoms with Crippen molar-refractivity contribution in [2.45, 2.75) is 33.1 Å². The van der Waals surface area contributed by atoms with Crippen LogP contribution in [0.5, 0.6) is 11.5 Å². The molecule has 2 aromatic rings. The van der Waals surface area contributed by atoms with Gasteiger partial charge in [-0.15, -0.1) is 0 Å². The summed E-state index contributed by atoms with van der Waals surface area (Å²) in [4.78, 5) is 23.7. The predicted octanol–water partition coefficient (Wildman–Crippen LogP) is 2.65. The number of aromatic hydroxyl groups is 2. The summed E-state index contributed by atoms with van der Waals surface area (Å²) in [5.41, 5.74) is 7.39. The molecule has 0 unspecified atom stereocenters. The number of hydrogen-bond acceptors (Lipinski definition) is 6. The molecule has 0 atom stereocenters. The van der Waals surface area contributed by atoms with Gasteiger partial charge >= 0.3 is 0 Å². The van der Waals surface area contributed by atoms with E-state index in [4.69, 9.17) is 0 Å². The van der Waals surface area contributed by atoms with Crippen molar-refractivity contribution in [1.29, 1.82) is 0 Å². The molecule has 0 fully saturated rings. The maximum absolute atomic E-state index is 11.9. The average Bonchev–Trinajstić information content (AvgIpc) is 2.70. The second kappa shape index (κ2) is 10.6. The molecule has 0 saturated heterocycles. The maximum atomic E-state index is 11.9. The minimum Gasteiger partial charge on any atom is -0.508 e. The van der Waals surface area contributed by atoms with Gasteiger partial charge < -0.3 is 10.2 Å². The Morgan fingerprint density at radius 3 is 1.59 bits per heavy atom. The second-order valence-corrected chi connectivity index (χ2v) is 6.42. The molecular weight excluding hydrogens is 372 g/mol. The number of carbonyl (C=O) groups is 2. The Labute approximate surface area is 169 Å². The lowest BCUT2D eigenvalue weighted by molar-refractivity contribution is -0.122. The Kier molecular flexibility index (Phi) is 7.90. The Morgan fingerprint density at radius 1 is 0.793 bits per heavy atom. The summed E-state index contributed by atoms with van der Waals surface area (Å²) in [6.45, 7) is 3.44. The SMILES string of the molecule is C/C(=N\NC(=O)CCCC(=O)N/N=C(\C)c1cccc(O)c1)c1cccc(O)c1. The summed E-state index contributed by atoms with van der Waals surface area (Å²) in [7, 11) is 0. The van der Waals surface area contributed by atoms with E-state index in [9.17, 15) is 19.8 Å². The van der Waals surface area contributed by atoms with Gasteiger partial charge in [0, 0.05) is 24.0 Å². The van der Waals surface area contributed by atoms with Gasteiger partial charge in [-0.2, -0.15) is 10.2 Å². The van der Waals surface area contributed by atoms with Gasteiger partial charge in [0.05, 0.1) is 11.4 Å². The third kappa shape index (κ3) is 7.45. The Balaban J connectivity index is 1.73. The average molecular weight is 396 g/mol. The van der Waals surface area contributed by atoms with Crippen molar-refractivity contribution < 1.29 is 19.8 Å². The fourth-order valence-corrected chi connectivity index (χ4v) is 2.40. The van der Waals surface area contributed by atoms with Gasteiger partial charge in [0.25, 0.3) is 0 Å². The summed E-state index contributed by atoms with van der Waals surface area (Å²) in [5, 5.41) is 26.9. The molecule has 2 aromatic carbocycles. The standard InChI is InChI=1S/C21H24N4O4/c1-14(16-6-3-8-18(26)12-16)22-24-20(28)10-5-11-21(29)25-23-15(2)17-7-4-9-19(27)13-17/h3-4,6-9,12-13,26-27H,5,10-11H2,1-2H3,(H,24,28)(H,25,29)/b22-14+,23-15+. The number of phenols is 2. The molecule has 8 nitrogen and oxygen atoms in total. The van der Waals surface area contributed by atoms with E-state index in [0.717, 1.165) is 0 Å². The number of benzene rings is 2. The first-order valence-electron chi connectivity index (χ1n) is 9.10. The van der Waals surface area contributed by atoms with Crippen molar-refractivity contribution >= 4 is 23.2 Å². The van der Waals surface area contributed by atoms with Gasteiger partial charge in [-0.25, -0.2) is 10.9 Å². The molecule has 0 heterocycles. The largest absolute Gasteiger partial charge is 0.508 e. The van der Waals surface area contributed by atoms with Crippen LogP contribution in [0.3, 0.4) is 0 Å². The molecule has 0 aromatic heterocycles. The van der Waals surface area contributed by atoms with E-state index < -0.39 is 0 Å². The summed E-state index contributed by atoms with van der Waals surface area (Å²) in [6.07, 6.45) is 0.623. The number of phenolic OH excluding ortho intramolecular Hbond substituents is 2. The highest BCUT2D eigenvalue weighted by molar-refractivity contribution is 6.00. The molecule has 0 aliphatic heterocycles. The van der Waals surface area contributed by atoms with Crippen molar-refractivity contribution in [3.05, 3.63) is 59.7 Å². The summed E-state index contributed by atoms with van der Waals surface area (Å²) in [6, 6.07) is 13.1. The number of rotatable bonds is 8. The smallest absolute Gasteiger partial charge is 0.240 e. The number of carbonyl (C=O) groups excluding carboxylic acids is 2. The van der Waals surface area contributed by atoms with Crippen LogP contribution in [0.1, 0.15) is 44.2 Å². The quantitative estimate of drug-likeness (QED) is 0.404. The molecule has 0 radical (unpaired) electrons. The minimum atomic E-state index is -0.309. The summed E-state index contributed by atoms with van der Waals surface area (Å²) in [5.74, 6) is -0.374. The van der Waals surface area contributed by atoms with Crippen LogP contribution in [-0.2, 0) is 9.59 Å². The third-order valence-corrected chi connectivity index (χ3v) is 4.03. The van der Waals surface area contributed by atoms with E-state index in [0.29, 0.717) is 29.0 Å². The van der Waals surface area contributed by atoms with Gasteiger partial charge in [-0.05, 0) is 44.5 Å². The zero-order chi connectivity index (χ0) is 21.2. The Hall–Kier alpha value is -3.68. The lowest BCUT2D eigenvalue weighted by Crippen LogP contribution is -2.21. The van der Waals surface area contributed by atoms with Crippen LogP contribution in [0, 0.1) is 0 Å². The van der Waals surface area contributed by atoms with Crippen LogP contribution < -0.4 is 10.9 Å². The van der Waals surface area contributed by atoms with Crippen molar-refractivity contribution in [1.82, 2.24) is 10.9 Å². The lowest BCUT2D eigenvalue weighted by atomic mass is 10.1. The van der Waals surface area contributed by atoms with E-state index in [1.807, 2.05) is 0 Å². The number of nitrogens with one attached hydrogen (secondary N) is 2. The minimum absolute atomic E-state index is 0.122. The van der Waals surface area contributed by atoms with E-state index in [1.54, 1.807) is 62.4 Å². The van der Waals surface area contributed by atoms with Crippen LogP contribution in [0.25, 0.3) is 0 Å². The van der Waals surface area contributed by atoms with Gasteiger partial charge in [-0.3, -0.25) is 9.59 Å². The zero-order valence-electron chi connectivity index (χ0n) is 16.3. The molecule has 2 amide bonds. The van der Waals surface area contributed by atoms with Gasteiger partial charge in [-0.1, -0.05) is 24.3 Å². The van der Waals surface area contributed by atoms with Crippen molar-refractivity contribution in [3.63, 3.8) is 0 Å². The van der Waals surface area contributed by atoms with Gasteiger partial charge in [0.1, 0.15) is 11.5 Å².